The highest BCUT2D eigenvalue weighted by Crippen LogP contribution is 2.30. The second kappa shape index (κ2) is 5.26. The molecule has 1 N–H and O–H groups in total. The Bertz CT molecular complexity index is 334. The topological polar surface area (TPSA) is 64.6 Å². The van der Waals surface area contributed by atoms with E-state index in [1.54, 1.807) is 20.8 Å². The highest BCUT2D eigenvalue weighted by Gasteiger charge is 2.46. The van der Waals surface area contributed by atoms with Crippen molar-refractivity contribution in [2.75, 3.05) is 13.2 Å². The molecule has 18 heavy (non-hydrogen) atoms. The van der Waals surface area contributed by atoms with Crippen molar-refractivity contribution >= 4 is 11.9 Å². The van der Waals surface area contributed by atoms with Gasteiger partial charge in [-0.15, -0.1) is 0 Å². The number of alkyl carbamates (subject to hydrolysis) is 1. The summed E-state index contributed by atoms with van der Waals surface area (Å²) in [5.74, 6) is 0.0982. The van der Waals surface area contributed by atoms with Crippen LogP contribution in [-0.4, -0.2) is 36.7 Å². The zero-order valence-corrected chi connectivity index (χ0v) is 11.8. The summed E-state index contributed by atoms with van der Waals surface area (Å²) in [6.07, 6.45) is -0.0695. The predicted octanol–water partition coefficient (Wildman–Crippen LogP) is 1.90. The Morgan fingerprint density at radius 3 is 2.56 bits per heavy atom. The molecule has 2 atom stereocenters. The Labute approximate surface area is 108 Å². The molecule has 0 radical (unpaired) electrons. The Kier molecular flexibility index (Phi) is 4.37. The van der Waals surface area contributed by atoms with Gasteiger partial charge in [-0.2, -0.15) is 0 Å². The summed E-state index contributed by atoms with van der Waals surface area (Å²) in [6, 6.07) is -0.320. The fraction of sp³-hybridized carbons (Fsp3) is 0.846. The third-order valence-electron chi connectivity index (χ3n) is 3.10. The summed E-state index contributed by atoms with van der Waals surface area (Å²) in [5, 5.41) is 2.73. The molecule has 0 saturated carbocycles. The van der Waals surface area contributed by atoms with E-state index < -0.39 is 17.1 Å². The number of ether oxygens (including phenoxy) is 2. The molecule has 1 aliphatic rings. The van der Waals surface area contributed by atoms with Crippen LogP contribution in [0.3, 0.4) is 0 Å². The van der Waals surface area contributed by atoms with Gasteiger partial charge in [0.05, 0.1) is 24.7 Å². The lowest BCUT2D eigenvalue weighted by Gasteiger charge is -2.29. The molecule has 2 unspecified atom stereocenters. The number of hydrogen-bond acceptors (Lipinski definition) is 4. The lowest BCUT2D eigenvalue weighted by Crippen LogP contribution is -2.50. The Balaban J connectivity index is 2.66. The Morgan fingerprint density at radius 1 is 1.44 bits per heavy atom. The third-order valence-corrected chi connectivity index (χ3v) is 3.10. The van der Waals surface area contributed by atoms with Crippen molar-refractivity contribution in [1.82, 2.24) is 5.32 Å². The van der Waals surface area contributed by atoms with Crippen molar-refractivity contribution < 1.29 is 19.1 Å². The van der Waals surface area contributed by atoms with E-state index >= 15 is 0 Å². The van der Waals surface area contributed by atoms with Crippen molar-refractivity contribution in [1.29, 1.82) is 0 Å². The maximum Gasteiger partial charge on any atom is 0.407 e. The minimum absolute atomic E-state index is 0.0982. The average Bonchev–Trinajstić information content (AvgIpc) is 2.57. The number of carbonyl (C=O) groups is 2. The molecule has 5 nitrogen and oxygen atoms in total. The van der Waals surface area contributed by atoms with Crippen LogP contribution >= 0.6 is 0 Å². The summed E-state index contributed by atoms with van der Waals surface area (Å²) in [7, 11) is 0. The van der Waals surface area contributed by atoms with Gasteiger partial charge in [-0.3, -0.25) is 4.79 Å². The molecule has 0 aromatic rings. The molecule has 1 fully saturated rings. The van der Waals surface area contributed by atoms with Crippen LogP contribution in [0.1, 0.15) is 41.0 Å². The van der Waals surface area contributed by atoms with Crippen LogP contribution in [0, 0.1) is 5.41 Å². The molecule has 0 aromatic heterocycles. The van der Waals surface area contributed by atoms with E-state index in [4.69, 9.17) is 9.47 Å². The molecule has 1 aliphatic heterocycles. The molecule has 1 amide bonds. The number of hydrogen-bond donors (Lipinski definition) is 1. The van der Waals surface area contributed by atoms with Crippen molar-refractivity contribution in [2.45, 2.75) is 52.7 Å². The minimum atomic E-state index is -0.647. The van der Waals surface area contributed by atoms with Crippen LogP contribution in [0.25, 0.3) is 0 Å². The number of amides is 1. The van der Waals surface area contributed by atoms with Gasteiger partial charge in [-0.05, 0) is 27.7 Å². The molecule has 0 bridgehead atoms. The molecular formula is C13H23NO4. The first-order chi connectivity index (χ1) is 8.19. The SMILES string of the molecule is CCC(=O)C1(C)COCC1NC(=O)OC(C)(C)C. The number of ketones is 1. The second-order valence-electron chi connectivity index (χ2n) is 5.91. The van der Waals surface area contributed by atoms with Crippen molar-refractivity contribution in [3.63, 3.8) is 0 Å². The van der Waals surface area contributed by atoms with Gasteiger partial charge >= 0.3 is 6.09 Å². The summed E-state index contributed by atoms with van der Waals surface area (Å²) >= 11 is 0. The highest BCUT2D eigenvalue weighted by molar-refractivity contribution is 5.86. The van der Waals surface area contributed by atoms with Crippen LogP contribution in [0.4, 0.5) is 4.79 Å². The Hall–Kier alpha value is -1.10. The molecule has 0 aliphatic carbocycles. The molecule has 0 spiro atoms. The number of carbonyl (C=O) groups excluding carboxylic acids is 2. The first-order valence-corrected chi connectivity index (χ1v) is 6.29. The van der Waals surface area contributed by atoms with Crippen LogP contribution in [0.5, 0.6) is 0 Å². The smallest absolute Gasteiger partial charge is 0.407 e. The second-order valence-corrected chi connectivity index (χ2v) is 5.91. The largest absolute Gasteiger partial charge is 0.444 e. The molecule has 1 saturated heterocycles. The van der Waals surface area contributed by atoms with Crippen molar-refractivity contribution in [3.8, 4) is 0 Å². The van der Waals surface area contributed by atoms with Crippen molar-refractivity contribution in [2.24, 2.45) is 5.41 Å². The number of Topliss-reactive ketones (excluding diaryl/α,β-unsaturated/α-hetero) is 1. The van der Waals surface area contributed by atoms with E-state index in [0.29, 0.717) is 19.6 Å². The predicted molar refractivity (Wildman–Crippen MR) is 67.4 cm³/mol. The quantitative estimate of drug-likeness (QED) is 0.838. The first-order valence-electron chi connectivity index (χ1n) is 6.29. The van der Waals surface area contributed by atoms with Gasteiger partial charge in [0, 0.05) is 6.42 Å². The average molecular weight is 257 g/mol. The zero-order chi connectivity index (χ0) is 14.0. The van der Waals surface area contributed by atoms with Gasteiger partial charge in [-0.1, -0.05) is 6.92 Å². The first kappa shape index (κ1) is 15.0. The van der Waals surface area contributed by atoms with Gasteiger partial charge in [0.1, 0.15) is 11.4 Å². The summed E-state index contributed by atoms with van der Waals surface area (Å²) in [6.45, 7) is 9.74. The minimum Gasteiger partial charge on any atom is -0.444 e. The third kappa shape index (κ3) is 3.45. The van der Waals surface area contributed by atoms with E-state index in [1.165, 1.54) is 0 Å². The highest BCUT2D eigenvalue weighted by atomic mass is 16.6. The van der Waals surface area contributed by atoms with Gasteiger partial charge in [0.15, 0.2) is 0 Å². The lowest BCUT2D eigenvalue weighted by molar-refractivity contribution is -0.128. The monoisotopic (exact) mass is 257 g/mol. The molecular weight excluding hydrogens is 234 g/mol. The maximum absolute atomic E-state index is 11.9. The molecule has 1 heterocycles. The van der Waals surface area contributed by atoms with Gasteiger partial charge in [0.2, 0.25) is 0 Å². The van der Waals surface area contributed by atoms with Gasteiger partial charge < -0.3 is 14.8 Å². The Morgan fingerprint density at radius 2 is 2.06 bits per heavy atom. The summed E-state index contributed by atoms with van der Waals surface area (Å²) in [4.78, 5) is 23.7. The zero-order valence-electron chi connectivity index (χ0n) is 11.8. The number of nitrogens with one attached hydrogen (secondary N) is 1. The van der Waals surface area contributed by atoms with Gasteiger partial charge in [0.25, 0.3) is 0 Å². The van der Waals surface area contributed by atoms with E-state index in [2.05, 4.69) is 5.32 Å². The standard InChI is InChI=1S/C13H23NO4/c1-6-10(15)13(5)8-17-7-9(13)14-11(16)18-12(2,3)4/h9H,6-8H2,1-5H3,(H,14,16). The molecule has 104 valence electrons. The molecule has 1 rings (SSSR count). The normalized spacial score (nSPS) is 27.9. The van der Waals surface area contributed by atoms with Gasteiger partial charge in [-0.25, -0.2) is 4.79 Å². The molecule has 0 aromatic carbocycles. The maximum atomic E-state index is 11.9. The fourth-order valence-corrected chi connectivity index (χ4v) is 2.00. The van der Waals surface area contributed by atoms with Crippen LogP contribution in [0.2, 0.25) is 0 Å². The fourth-order valence-electron chi connectivity index (χ4n) is 2.00. The summed E-state index contributed by atoms with van der Waals surface area (Å²) < 4.78 is 10.5. The van der Waals surface area contributed by atoms with Crippen LogP contribution < -0.4 is 5.32 Å². The molecule has 5 heteroatoms. The van der Waals surface area contributed by atoms with Crippen molar-refractivity contribution in [3.05, 3.63) is 0 Å². The lowest BCUT2D eigenvalue weighted by atomic mass is 9.80. The number of rotatable bonds is 3. The van der Waals surface area contributed by atoms with Crippen LogP contribution in [-0.2, 0) is 14.3 Å². The van der Waals surface area contributed by atoms with E-state index in [9.17, 15) is 9.59 Å². The van der Waals surface area contributed by atoms with E-state index in [1.807, 2.05) is 13.8 Å². The summed E-state index contributed by atoms with van der Waals surface area (Å²) in [5.41, 5.74) is -1.19. The van der Waals surface area contributed by atoms with E-state index in [0.717, 1.165) is 0 Å². The van der Waals surface area contributed by atoms with Crippen LogP contribution in [0.15, 0.2) is 0 Å². The van der Waals surface area contributed by atoms with E-state index in [-0.39, 0.29) is 11.8 Å².